The van der Waals surface area contributed by atoms with Gasteiger partial charge in [0.05, 0.1) is 5.57 Å². The molecule has 1 N–H and O–H groups in total. The first-order valence-corrected chi connectivity index (χ1v) is 7.64. The van der Waals surface area contributed by atoms with Crippen LogP contribution in [0.5, 0.6) is 5.75 Å². The van der Waals surface area contributed by atoms with Crippen LogP contribution in [0.4, 0.5) is 5.69 Å². The molecule has 1 aromatic carbocycles. The average molecular weight is 313 g/mol. The number of Topliss-reactive ketones (excluding diaryl/α,β-unsaturated/α-hetero) is 1. The van der Waals surface area contributed by atoms with Gasteiger partial charge in [0.15, 0.2) is 5.78 Å². The van der Waals surface area contributed by atoms with Gasteiger partial charge in [-0.2, -0.15) is 0 Å². The maximum absolute atomic E-state index is 12.2. The summed E-state index contributed by atoms with van der Waals surface area (Å²) in [6.45, 7) is 10.0. The molecule has 1 aromatic rings. The highest BCUT2D eigenvalue weighted by atomic mass is 16.5. The van der Waals surface area contributed by atoms with Crippen LogP contribution >= 0.6 is 0 Å². The summed E-state index contributed by atoms with van der Waals surface area (Å²) >= 11 is 0. The number of aliphatic imine (C=N–C) groups is 1. The van der Waals surface area contributed by atoms with E-state index >= 15 is 0 Å². The summed E-state index contributed by atoms with van der Waals surface area (Å²) in [6, 6.07) is 7.33. The molecule has 122 valence electrons. The minimum atomic E-state index is -0.207. The molecule has 0 radical (unpaired) electrons. The molecule has 23 heavy (non-hydrogen) atoms. The largest absolute Gasteiger partial charge is 0.511 e. The van der Waals surface area contributed by atoms with Crippen LogP contribution in [-0.4, -0.2) is 23.7 Å². The second-order valence-corrected chi connectivity index (χ2v) is 6.77. The van der Waals surface area contributed by atoms with Crippen molar-refractivity contribution >= 4 is 17.7 Å². The van der Waals surface area contributed by atoms with Gasteiger partial charge in [0.25, 0.3) is 0 Å². The SMILES string of the molecule is C=C(C)COc1ccccc1N=CC1=C(O)CC(C)(C)CC1=O. The van der Waals surface area contributed by atoms with Crippen LogP contribution in [0, 0.1) is 5.41 Å². The Bertz CT molecular complexity index is 684. The van der Waals surface area contributed by atoms with Gasteiger partial charge in [0, 0.05) is 19.1 Å². The summed E-state index contributed by atoms with van der Waals surface area (Å²) in [4.78, 5) is 16.5. The summed E-state index contributed by atoms with van der Waals surface area (Å²) < 4.78 is 5.65. The molecule has 1 aliphatic rings. The van der Waals surface area contributed by atoms with Crippen molar-refractivity contribution in [2.75, 3.05) is 6.61 Å². The Morgan fingerprint density at radius 1 is 1.39 bits per heavy atom. The monoisotopic (exact) mass is 313 g/mol. The minimum absolute atomic E-state index is 0.0807. The normalized spacial score (nSPS) is 17.6. The summed E-state index contributed by atoms with van der Waals surface area (Å²) in [6.07, 6.45) is 2.33. The average Bonchev–Trinajstić information content (AvgIpc) is 2.44. The molecular weight excluding hydrogens is 290 g/mol. The first kappa shape index (κ1) is 17.0. The van der Waals surface area contributed by atoms with E-state index in [9.17, 15) is 9.90 Å². The van der Waals surface area contributed by atoms with E-state index in [1.807, 2.05) is 39.0 Å². The number of hydrogen-bond donors (Lipinski definition) is 1. The Morgan fingerprint density at radius 3 is 2.74 bits per heavy atom. The number of allylic oxidation sites excluding steroid dienone is 2. The van der Waals surface area contributed by atoms with Gasteiger partial charge in [-0.05, 0) is 30.0 Å². The number of aliphatic hydroxyl groups excluding tert-OH is 1. The van der Waals surface area contributed by atoms with Crippen LogP contribution in [0.2, 0.25) is 0 Å². The number of benzene rings is 1. The molecule has 4 nitrogen and oxygen atoms in total. The first-order chi connectivity index (χ1) is 10.8. The molecule has 0 unspecified atom stereocenters. The molecule has 0 aliphatic heterocycles. The van der Waals surface area contributed by atoms with Crippen LogP contribution in [0.3, 0.4) is 0 Å². The number of hydrogen-bond acceptors (Lipinski definition) is 4. The van der Waals surface area contributed by atoms with Crippen molar-refractivity contribution in [3.8, 4) is 5.75 Å². The molecule has 0 atom stereocenters. The number of para-hydroxylation sites is 2. The van der Waals surface area contributed by atoms with Gasteiger partial charge in [0.2, 0.25) is 0 Å². The molecule has 0 bridgehead atoms. The predicted octanol–water partition coefficient (Wildman–Crippen LogP) is 4.55. The number of carbonyl (C=O) groups is 1. The van der Waals surface area contributed by atoms with Gasteiger partial charge < -0.3 is 9.84 Å². The maximum Gasteiger partial charge on any atom is 0.168 e. The quantitative estimate of drug-likeness (QED) is 0.641. The highest BCUT2D eigenvalue weighted by Crippen LogP contribution is 2.35. The van der Waals surface area contributed by atoms with Crippen molar-refractivity contribution in [1.82, 2.24) is 0 Å². The summed E-state index contributed by atoms with van der Waals surface area (Å²) in [5.74, 6) is 0.647. The highest BCUT2D eigenvalue weighted by Gasteiger charge is 2.32. The molecule has 4 heteroatoms. The molecule has 2 rings (SSSR count). The van der Waals surface area contributed by atoms with Gasteiger partial charge in [0.1, 0.15) is 23.8 Å². The molecule has 1 aliphatic carbocycles. The zero-order valence-electron chi connectivity index (χ0n) is 13.9. The number of rotatable bonds is 5. The van der Waals surface area contributed by atoms with Crippen LogP contribution < -0.4 is 4.74 Å². The van der Waals surface area contributed by atoms with Crippen molar-refractivity contribution < 1.29 is 14.6 Å². The Hall–Kier alpha value is -2.36. The molecule has 0 saturated heterocycles. The van der Waals surface area contributed by atoms with E-state index in [0.29, 0.717) is 36.5 Å². The smallest absolute Gasteiger partial charge is 0.168 e. The number of carbonyl (C=O) groups excluding carboxylic acids is 1. The van der Waals surface area contributed by atoms with Crippen LogP contribution in [0.15, 0.2) is 52.7 Å². The topological polar surface area (TPSA) is 58.9 Å². The fraction of sp³-hybridized carbons (Fsp3) is 0.368. The third-order valence-corrected chi connectivity index (χ3v) is 3.57. The van der Waals surface area contributed by atoms with Crippen molar-refractivity contribution in [3.05, 3.63) is 47.7 Å². The molecule has 0 saturated carbocycles. The zero-order valence-corrected chi connectivity index (χ0v) is 13.9. The van der Waals surface area contributed by atoms with E-state index in [1.165, 1.54) is 6.21 Å². The van der Waals surface area contributed by atoms with E-state index in [-0.39, 0.29) is 17.0 Å². The molecular formula is C19H23NO3. The van der Waals surface area contributed by atoms with Gasteiger partial charge in [-0.1, -0.05) is 32.6 Å². The predicted molar refractivity (Wildman–Crippen MR) is 92.6 cm³/mol. The summed E-state index contributed by atoms with van der Waals surface area (Å²) in [7, 11) is 0. The molecule has 0 amide bonds. The molecule has 0 heterocycles. The number of ether oxygens (including phenoxy) is 1. The number of ketones is 1. The van der Waals surface area contributed by atoms with Crippen molar-refractivity contribution in [2.24, 2.45) is 10.4 Å². The van der Waals surface area contributed by atoms with Crippen LogP contribution in [-0.2, 0) is 4.79 Å². The lowest BCUT2D eigenvalue weighted by Gasteiger charge is -2.28. The Balaban J connectivity index is 2.23. The van der Waals surface area contributed by atoms with Crippen molar-refractivity contribution in [2.45, 2.75) is 33.6 Å². The van der Waals surface area contributed by atoms with Gasteiger partial charge in [-0.25, -0.2) is 0 Å². The van der Waals surface area contributed by atoms with E-state index < -0.39 is 0 Å². The van der Waals surface area contributed by atoms with Crippen LogP contribution in [0.25, 0.3) is 0 Å². The lowest BCUT2D eigenvalue weighted by molar-refractivity contribution is -0.117. The fourth-order valence-electron chi connectivity index (χ4n) is 2.47. The van der Waals surface area contributed by atoms with Gasteiger partial charge >= 0.3 is 0 Å². The minimum Gasteiger partial charge on any atom is -0.511 e. The zero-order chi connectivity index (χ0) is 17.0. The number of aliphatic hydroxyl groups is 1. The molecule has 0 spiro atoms. The van der Waals surface area contributed by atoms with E-state index in [2.05, 4.69) is 11.6 Å². The Kier molecular flexibility index (Phi) is 5.04. The van der Waals surface area contributed by atoms with Gasteiger partial charge in [-0.15, -0.1) is 0 Å². The Labute approximate surface area is 137 Å². The third kappa shape index (κ3) is 4.55. The number of nitrogens with zero attached hydrogens (tertiary/aromatic N) is 1. The molecule has 0 fully saturated rings. The second-order valence-electron chi connectivity index (χ2n) is 6.77. The lowest BCUT2D eigenvalue weighted by Crippen LogP contribution is -2.26. The maximum atomic E-state index is 12.2. The summed E-state index contributed by atoms with van der Waals surface area (Å²) in [5.41, 5.74) is 1.61. The van der Waals surface area contributed by atoms with Gasteiger partial charge in [-0.3, -0.25) is 9.79 Å². The van der Waals surface area contributed by atoms with Crippen molar-refractivity contribution in [3.63, 3.8) is 0 Å². The fourth-order valence-corrected chi connectivity index (χ4v) is 2.47. The van der Waals surface area contributed by atoms with E-state index in [0.717, 1.165) is 5.57 Å². The van der Waals surface area contributed by atoms with E-state index in [4.69, 9.17) is 4.74 Å². The van der Waals surface area contributed by atoms with Crippen LogP contribution in [0.1, 0.15) is 33.6 Å². The summed E-state index contributed by atoms with van der Waals surface area (Å²) in [5, 5.41) is 10.1. The first-order valence-electron chi connectivity index (χ1n) is 7.64. The van der Waals surface area contributed by atoms with E-state index in [1.54, 1.807) is 6.07 Å². The molecule has 0 aromatic heterocycles. The standard InChI is InChI=1S/C19H23NO3/c1-13(2)12-23-18-8-6-5-7-15(18)20-11-14-16(21)9-19(3,4)10-17(14)22/h5-8,11,21H,1,9-10,12H2,2-4H3. The lowest BCUT2D eigenvalue weighted by atomic mass is 9.77. The Morgan fingerprint density at radius 2 is 2.09 bits per heavy atom. The van der Waals surface area contributed by atoms with Crippen molar-refractivity contribution in [1.29, 1.82) is 0 Å². The third-order valence-electron chi connectivity index (χ3n) is 3.57. The highest BCUT2D eigenvalue weighted by molar-refractivity contribution is 6.15. The second kappa shape index (κ2) is 6.82.